The van der Waals surface area contributed by atoms with E-state index in [0.717, 1.165) is 6.07 Å². The summed E-state index contributed by atoms with van der Waals surface area (Å²) >= 11 is 5.27. The van der Waals surface area contributed by atoms with E-state index in [1.807, 2.05) is 0 Å². The van der Waals surface area contributed by atoms with Crippen molar-refractivity contribution in [1.82, 2.24) is 4.98 Å². The first-order valence-corrected chi connectivity index (χ1v) is 3.14. The molecule has 1 heterocycles. The second-order valence-corrected chi connectivity index (χ2v) is 2.25. The van der Waals surface area contributed by atoms with E-state index < -0.39 is 18.4 Å². The molecule has 0 atom stereocenters. The van der Waals surface area contributed by atoms with Crippen LogP contribution in [0.4, 0.5) is 8.78 Å². The summed E-state index contributed by atoms with van der Waals surface area (Å²) in [6.45, 7) is -0.592. The van der Waals surface area contributed by atoms with Crippen LogP contribution in [0.25, 0.3) is 0 Å². The lowest BCUT2D eigenvalue weighted by Crippen LogP contribution is -1.97. The fourth-order valence-corrected chi connectivity index (χ4v) is 0.836. The zero-order valence-corrected chi connectivity index (χ0v) is 6.07. The van der Waals surface area contributed by atoms with Crippen LogP contribution in [0, 0.1) is 11.8 Å². The summed E-state index contributed by atoms with van der Waals surface area (Å²) in [6, 6.07) is 1.07. The van der Waals surface area contributed by atoms with Crippen molar-refractivity contribution in [2.24, 2.45) is 0 Å². The summed E-state index contributed by atoms with van der Waals surface area (Å²) in [6.07, 6.45) is 0. The van der Waals surface area contributed by atoms with Crippen LogP contribution in [0.1, 0.15) is 5.56 Å². The minimum absolute atomic E-state index is 0.173. The predicted molar refractivity (Wildman–Crippen MR) is 35.1 cm³/mol. The maximum atomic E-state index is 12.5. The van der Waals surface area contributed by atoms with E-state index in [-0.39, 0.29) is 10.7 Å². The lowest BCUT2D eigenvalue weighted by atomic mass is 10.3. The molecule has 5 heteroatoms. The fourth-order valence-electron chi connectivity index (χ4n) is 0.630. The van der Waals surface area contributed by atoms with Gasteiger partial charge in [0, 0.05) is 5.56 Å². The highest BCUT2D eigenvalue weighted by atomic mass is 35.5. The number of nitrogens with zero attached hydrogens (tertiary/aromatic N) is 1. The summed E-state index contributed by atoms with van der Waals surface area (Å²) < 4.78 is 24.9. The number of hydrogen-bond donors (Lipinski definition) is 1. The highest BCUT2D eigenvalue weighted by Gasteiger charge is 2.09. The van der Waals surface area contributed by atoms with Crippen LogP contribution < -0.4 is 0 Å². The van der Waals surface area contributed by atoms with Crippen LogP contribution in [0.15, 0.2) is 6.07 Å². The van der Waals surface area contributed by atoms with Crippen molar-refractivity contribution >= 4 is 11.6 Å². The monoisotopic (exact) mass is 179 g/mol. The van der Waals surface area contributed by atoms with Gasteiger partial charge in [-0.15, -0.1) is 0 Å². The van der Waals surface area contributed by atoms with E-state index in [0.29, 0.717) is 0 Å². The van der Waals surface area contributed by atoms with Gasteiger partial charge in [0.25, 0.3) is 5.95 Å². The van der Waals surface area contributed by atoms with Gasteiger partial charge in [-0.1, -0.05) is 11.6 Å². The maximum absolute atomic E-state index is 12.5. The highest BCUT2D eigenvalue weighted by molar-refractivity contribution is 6.29. The Morgan fingerprint density at radius 3 is 2.73 bits per heavy atom. The van der Waals surface area contributed by atoms with Gasteiger partial charge in [-0.05, 0) is 6.07 Å². The molecule has 0 radical (unpaired) electrons. The number of aliphatic hydroxyl groups is 1. The zero-order chi connectivity index (χ0) is 8.43. The molecule has 0 amide bonds. The standard InChI is InChI=1S/C6H4ClF2NO/c7-4-1-3(2-11)5(8)6(9)10-4/h1,11H,2H2. The molecule has 1 aromatic rings. The fraction of sp³-hybridized carbons (Fsp3) is 0.167. The Morgan fingerprint density at radius 1 is 1.55 bits per heavy atom. The van der Waals surface area contributed by atoms with Crippen LogP contribution in [0.3, 0.4) is 0 Å². The van der Waals surface area contributed by atoms with E-state index in [1.165, 1.54) is 0 Å². The normalized spacial score (nSPS) is 10.2. The molecule has 0 fully saturated rings. The number of hydrogen-bond acceptors (Lipinski definition) is 2. The minimum Gasteiger partial charge on any atom is -0.392 e. The smallest absolute Gasteiger partial charge is 0.250 e. The zero-order valence-electron chi connectivity index (χ0n) is 5.31. The number of halogens is 3. The first kappa shape index (κ1) is 8.36. The molecule has 0 aliphatic heterocycles. The first-order valence-electron chi connectivity index (χ1n) is 2.76. The molecule has 1 aromatic heterocycles. The Labute approximate surface area is 66.4 Å². The largest absolute Gasteiger partial charge is 0.392 e. The van der Waals surface area contributed by atoms with Gasteiger partial charge in [-0.25, -0.2) is 9.37 Å². The summed E-state index contributed by atoms with van der Waals surface area (Å²) in [5.41, 5.74) is -0.192. The van der Waals surface area contributed by atoms with Gasteiger partial charge in [0.05, 0.1) is 6.61 Å². The summed E-state index contributed by atoms with van der Waals surface area (Å²) in [5.74, 6) is -2.45. The van der Waals surface area contributed by atoms with Crippen molar-refractivity contribution in [3.05, 3.63) is 28.5 Å². The SMILES string of the molecule is OCc1cc(Cl)nc(F)c1F. The number of pyridine rings is 1. The van der Waals surface area contributed by atoms with E-state index in [2.05, 4.69) is 4.98 Å². The summed E-state index contributed by atoms with van der Waals surface area (Å²) in [5, 5.41) is 8.30. The highest BCUT2D eigenvalue weighted by Crippen LogP contribution is 2.14. The molecular weight excluding hydrogens is 176 g/mol. The molecule has 60 valence electrons. The van der Waals surface area contributed by atoms with Gasteiger partial charge in [0.2, 0.25) is 0 Å². The topological polar surface area (TPSA) is 33.1 Å². The van der Waals surface area contributed by atoms with Gasteiger partial charge in [-0.3, -0.25) is 0 Å². The molecule has 1 N–H and O–H groups in total. The summed E-state index contributed by atoms with van der Waals surface area (Å²) in [4.78, 5) is 2.99. The van der Waals surface area contributed by atoms with E-state index in [4.69, 9.17) is 16.7 Å². The second kappa shape index (κ2) is 3.11. The third-order valence-corrected chi connectivity index (χ3v) is 1.33. The Hall–Kier alpha value is -0.740. The Kier molecular flexibility index (Phi) is 2.36. The Morgan fingerprint density at radius 2 is 2.18 bits per heavy atom. The minimum atomic E-state index is -1.29. The molecule has 0 aromatic carbocycles. The third kappa shape index (κ3) is 1.64. The Balaban J connectivity index is 3.24. The second-order valence-electron chi connectivity index (χ2n) is 1.87. The van der Waals surface area contributed by atoms with E-state index in [1.54, 1.807) is 0 Å². The van der Waals surface area contributed by atoms with Crippen molar-refractivity contribution in [3.8, 4) is 0 Å². The quantitative estimate of drug-likeness (QED) is 0.663. The van der Waals surface area contributed by atoms with Gasteiger partial charge in [0.1, 0.15) is 5.15 Å². The van der Waals surface area contributed by atoms with Crippen molar-refractivity contribution < 1.29 is 13.9 Å². The van der Waals surface area contributed by atoms with Crippen LogP contribution >= 0.6 is 11.6 Å². The molecule has 1 rings (SSSR count). The van der Waals surface area contributed by atoms with Gasteiger partial charge in [0.15, 0.2) is 5.82 Å². The van der Waals surface area contributed by atoms with Crippen molar-refractivity contribution in [2.75, 3.05) is 0 Å². The first-order chi connectivity index (χ1) is 5.15. The van der Waals surface area contributed by atoms with Crippen LogP contribution in [0.5, 0.6) is 0 Å². The molecule has 0 unspecified atom stereocenters. The van der Waals surface area contributed by atoms with Gasteiger partial charge < -0.3 is 5.11 Å². The van der Waals surface area contributed by atoms with Gasteiger partial charge >= 0.3 is 0 Å². The molecule has 2 nitrogen and oxygen atoms in total. The molecule has 0 aliphatic carbocycles. The average molecular weight is 180 g/mol. The van der Waals surface area contributed by atoms with Crippen molar-refractivity contribution in [2.45, 2.75) is 6.61 Å². The number of aliphatic hydroxyl groups excluding tert-OH is 1. The van der Waals surface area contributed by atoms with Crippen LogP contribution in [-0.4, -0.2) is 10.1 Å². The lowest BCUT2D eigenvalue weighted by molar-refractivity contribution is 0.272. The van der Waals surface area contributed by atoms with Gasteiger partial charge in [-0.2, -0.15) is 4.39 Å². The van der Waals surface area contributed by atoms with Crippen molar-refractivity contribution in [3.63, 3.8) is 0 Å². The molecule has 0 bridgehead atoms. The van der Waals surface area contributed by atoms with Crippen LogP contribution in [0.2, 0.25) is 5.15 Å². The number of aromatic nitrogens is 1. The molecular formula is C6H4ClF2NO. The summed E-state index contributed by atoms with van der Waals surface area (Å²) in [7, 11) is 0. The predicted octanol–water partition coefficient (Wildman–Crippen LogP) is 1.51. The maximum Gasteiger partial charge on any atom is 0.250 e. The molecule has 0 aliphatic rings. The molecule has 0 saturated carbocycles. The number of rotatable bonds is 1. The average Bonchev–Trinajstić information content (AvgIpc) is 1.96. The third-order valence-electron chi connectivity index (χ3n) is 1.13. The van der Waals surface area contributed by atoms with E-state index in [9.17, 15) is 8.78 Å². The molecule has 0 saturated heterocycles. The van der Waals surface area contributed by atoms with Crippen LogP contribution in [-0.2, 0) is 6.61 Å². The van der Waals surface area contributed by atoms with Crippen molar-refractivity contribution in [1.29, 1.82) is 0 Å². The van der Waals surface area contributed by atoms with E-state index >= 15 is 0 Å². The lowest BCUT2D eigenvalue weighted by Gasteiger charge is -1.98. The molecule has 0 spiro atoms. The molecule has 11 heavy (non-hydrogen) atoms. The Bertz CT molecular complexity index is 280.